The molecule has 44 heavy (non-hydrogen) atoms. The van der Waals surface area contributed by atoms with Gasteiger partial charge in [0.25, 0.3) is 0 Å². The second kappa shape index (κ2) is 10.9. The molecule has 4 aromatic rings. The molecule has 0 spiro atoms. The maximum Gasteiger partial charge on any atom is 0.0783 e. The molecule has 3 aliphatic carbocycles. The number of aliphatic imine (C=N–C) groups is 1. The molecule has 4 heteroatoms. The van der Waals surface area contributed by atoms with Gasteiger partial charge in [0, 0.05) is 69.8 Å². The summed E-state index contributed by atoms with van der Waals surface area (Å²) in [6.45, 7) is 4.26. The Morgan fingerprint density at radius 2 is 1.48 bits per heavy atom. The first-order valence-electron chi connectivity index (χ1n) is 15.6. The Bertz CT molecular complexity index is 2110. The maximum absolute atomic E-state index is 5.19. The number of nitrogens with zero attached hydrogens (tertiary/aromatic N) is 4. The molecule has 0 fully saturated rings. The third-order valence-electron chi connectivity index (χ3n) is 9.37. The fraction of sp³-hybridized carbons (Fsp3) is 0.200. The van der Waals surface area contributed by atoms with Crippen LogP contribution < -0.4 is 10.4 Å². The minimum absolute atomic E-state index is 0.268. The number of rotatable bonds is 4. The molecule has 0 N–H and O–H groups in total. The monoisotopic (exact) mass is 570 g/mol. The fourth-order valence-corrected chi connectivity index (χ4v) is 7.37. The molecule has 3 atom stereocenters. The van der Waals surface area contributed by atoms with E-state index in [0.29, 0.717) is 5.92 Å². The Morgan fingerprint density at radius 3 is 2.18 bits per heavy atom. The Morgan fingerprint density at radius 1 is 0.773 bits per heavy atom. The third-order valence-corrected chi connectivity index (χ3v) is 9.37. The summed E-state index contributed by atoms with van der Waals surface area (Å²) >= 11 is 0. The molecule has 3 aromatic heterocycles. The first-order chi connectivity index (χ1) is 21.6. The van der Waals surface area contributed by atoms with Gasteiger partial charge in [-0.3, -0.25) is 19.9 Å². The van der Waals surface area contributed by atoms with Crippen molar-refractivity contribution in [3.63, 3.8) is 0 Å². The lowest BCUT2D eigenvalue weighted by Gasteiger charge is -2.32. The number of hydrogen-bond donors (Lipinski definition) is 0. The average Bonchev–Trinajstić information content (AvgIpc) is 3.08. The van der Waals surface area contributed by atoms with E-state index in [1.165, 1.54) is 49.4 Å². The largest absolute Gasteiger partial charge is 0.264 e. The minimum Gasteiger partial charge on any atom is -0.264 e. The number of hydrogen-bond acceptors (Lipinski definition) is 4. The van der Waals surface area contributed by atoms with Crippen LogP contribution in [-0.4, -0.2) is 20.7 Å². The molecule has 214 valence electrons. The molecule has 8 rings (SSSR count). The van der Waals surface area contributed by atoms with Crippen molar-refractivity contribution in [3.8, 4) is 0 Å². The highest BCUT2D eigenvalue weighted by Gasteiger charge is 2.30. The molecular weight excluding hydrogens is 536 g/mol. The smallest absolute Gasteiger partial charge is 0.0783 e. The number of aryl methyl sites for hydroxylation is 1. The molecule has 4 nitrogen and oxygen atoms in total. The molecule has 0 amide bonds. The molecule has 0 bridgehead atoms. The van der Waals surface area contributed by atoms with Crippen LogP contribution >= 0.6 is 0 Å². The molecule has 0 saturated heterocycles. The number of pyridine rings is 3. The van der Waals surface area contributed by atoms with Gasteiger partial charge in [0.1, 0.15) is 0 Å². The number of fused-ring (bicyclic) bond motifs is 4. The van der Waals surface area contributed by atoms with Crippen molar-refractivity contribution >= 4 is 39.5 Å². The lowest BCUT2D eigenvalue weighted by molar-refractivity contribution is 0.645. The van der Waals surface area contributed by atoms with Crippen molar-refractivity contribution in [2.24, 2.45) is 16.8 Å². The zero-order valence-electron chi connectivity index (χ0n) is 25.1. The van der Waals surface area contributed by atoms with Crippen LogP contribution in [0.15, 0.2) is 120 Å². The van der Waals surface area contributed by atoms with Crippen LogP contribution in [0.5, 0.6) is 0 Å². The summed E-state index contributed by atoms with van der Waals surface area (Å²) in [4.78, 5) is 19.0. The zero-order chi connectivity index (χ0) is 29.6. The van der Waals surface area contributed by atoms with E-state index in [9.17, 15) is 0 Å². The van der Waals surface area contributed by atoms with Gasteiger partial charge >= 0.3 is 0 Å². The van der Waals surface area contributed by atoms with E-state index in [0.717, 1.165) is 41.7 Å². The lowest BCUT2D eigenvalue weighted by Crippen LogP contribution is -2.36. The van der Waals surface area contributed by atoms with Crippen molar-refractivity contribution < 1.29 is 0 Å². The Labute approximate surface area is 258 Å². The Hall–Kier alpha value is -4.96. The van der Waals surface area contributed by atoms with E-state index in [1.54, 1.807) is 0 Å². The summed E-state index contributed by atoms with van der Waals surface area (Å²) in [6.07, 6.45) is 29.1. The maximum atomic E-state index is 5.19. The predicted octanol–water partition coefficient (Wildman–Crippen LogP) is 7.43. The second-order valence-corrected chi connectivity index (χ2v) is 12.3. The normalized spacial score (nSPS) is 22.3. The highest BCUT2D eigenvalue weighted by atomic mass is 14.8. The summed E-state index contributed by atoms with van der Waals surface area (Å²) in [6, 6.07) is 15.2. The van der Waals surface area contributed by atoms with Crippen molar-refractivity contribution in [1.29, 1.82) is 0 Å². The van der Waals surface area contributed by atoms with Crippen LogP contribution in [0.25, 0.3) is 33.8 Å². The van der Waals surface area contributed by atoms with Crippen molar-refractivity contribution in [2.75, 3.05) is 0 Å². The summed E-state index contributed by atoms with van der Waals surface area (Å²) in [5, 5.41) is 3.69. The van der Waals surface area contributed by atoms with Crippen LogP contribution in [-0.2, 0) is 0 Å². The first-order valence-corrected chi connectivity index (χ1v) is 15.6. The summed E-state index contributed by atoms with van der Waals surface area (Å²) in [7, 11) is 0. The lowest BCUT2D eigenvalue weighted by atomic mass is 9.75. The van der Waals surface area contributed by atoms with Gasteiger partial charge in [0.05, 0.1) is 11.2 Å². The van der Waals surface area contributed by atoms with Gasteiger partial charge in [-0.05, 0) is 85.2 Å². The predicted molar refractivity (Wildman–Crippen MR) is 181 cm³/mol. The van der Waals surface area contributed by atoms with Gasteiger partial charge in [0.15, 0.2) is 0 Å². The van der Waals surface area contributed by atoms with E-state index >= 15 is 0 Å². The van der Waals surface area contributed by atoms with E-state index in [1.807, 2.05) is 36.9 Å². The van der Waals surface area contributed by atoms with E-state index in [2.05, 4.69) is 103 Å². The van der Waals surface area contributed by atoms with E-state index in [-0.39, 0.29) is 11.8 Å². The average molecular weight is 571 g/mol. The number of aromatic nitrogens is 3. The van der Waals surface area contributed by atoms with Crippen LogP contribution in [0, 0.1) is 18.8 Å². The third kappa shape index (κ3) is 4.71. The van der Waals surface area contributed by atoms with E-state index in [4.69, 9.17) is 9.98 Å². The zero-order valence-corrected chi connectivity index (χ0v) is 25.1. The standard InChI is InChI=1S/C40H34N4/c1-25-19-37(29-9-3-7-27(21-29)31-11-5-17-41-23-31)35-15-14-34-33(39(35)43-25)13-16-36-38(20-26(2)44-40(34)36)30-10-4-8-28(22-30)32-12-6-18-42-24-32/h3-8,11-15,17-24,29-30,36H,9-10,16H2,1-2H3. The number of benzene rings is 1. The van der Waals surface area contributed by atoms with Gasteiger partial charge in [0.2, 0.25) is 0 Å². The van der Waals surface area contributed by atoms with Gasteiger partial charge in [-0.2, -0.15) is 0 Å². The quantitative estimate of drug-likeness (QED) is 0.256. The molecule has 1 aliphatic heterocycles. The fourth-order valence-electron chi connectivity index (χ4n) is 7.37. The Balaban J connectivity index is 1.22. The van der Waals surface area contributed by atoms with Crippen molar-refractivity contribution in [2.45, 2.75) is 39.0 Å². The summed E-state index contributed by atoms with van der Waals surface area (Å²) in [5.41, 5.74) is 12.0. The van der Waals surface area contributed by atoms with Gasteiger partial charge in [-0.1, -0.05) is 72.4 Å². The van der Waals surface area contributed by atoms with Crippen LogP contribution in [0.4, 0.5) is 0 Å². The molecular formula is C40H34N4. The van der Waals surface area contributed by atoms with E-state index < -0.39 is 0 Å². The molecule has 4 heterocycles. The molecule has 4 aliphatic rings. The highest BCUT2D eigenvalue weighted by Crippen LogP contribution is 2.40. The molecule has 3 unspecified atom stereocenters. The second-order valence-electron chi connectivity index (χ2n) is 12.3. The van der Waals surface area contributed by atoms with Gasteiger partial charge < -0.3 is 0 Å². The summed E-state index contributed by atoms with van der Waals surface area (Å²) < 4.78 is 0. The first kappa shape index (κ1) is 26.7. The number of allylic oxidation sites excluding steroid dienone is 9. The van der Waals surface area contributed by atoms with Gasteiger partial charge in [-0.15, -0.1) is 0 Å². The SMILES string of the molecule is CC1=NC2=c3ccc4c(C5C=C(c6cccnc6)C=CC5)cc(C)nc4c3=CCC2C(C2C=C(c3cccnc3)C=CC2)=C1. The number of dihydropyridines is 1. The molecule has 0 saturated carbocycles. The van der Waals surface area contributed by atoms with Gasteiger partial charge in [-0.25, -0.2) is 0 Å². The highest BCUT2D eigenvalue weighted by molar-refractivity contribution is 5.99. The Kier molecular flexibility index (Phi) is 6.63. The van der Waals surface area contributed by atoms with Crippen LogP contribution in [0.3, 0.4) is 0 Å². The topological polar surface area (TPSA) is 51.0 Å². The van der Waals surface area contributed by atoms with Crippen molar-refractivity contribution in [3.05, 3.63) is 148 Å². The summed E-state index contributed by atoms with van der Waals surface area (Å²) in [5.74, 6) is 0.888. The molecule has 0 radical (unpaired) electrons. The minimum atomic E-state index is 0.268. The molecule has 1 aromatic carbocycles. The van der Waals surface area contributed by atoms with Crippen LogP contribution in [0.1, 0.15) is 54.5 Å². The van der Waals surface area contributed by atoms with Crippen molar-refractivity contribution in [1.82, 2.24) is 15.0 Å². The van der Waals surface area contributed by atoms with Crippen LogP contribution in [0.2, 0.25) is 0 Å².